The van der Waals surface area contributed by atoms with Crippen LogP contribution in [-0.4, -0.2) is 137 Å². The van der Waals surface area contributed by atoms with E-state index >= 15 is 0 Å². The van der Waals surface area contributed by atoms with Crippen LogP contribution in [0, 0.1) is 0 Å². The highest BCUT2D eigenvalue weighted by Gasteiger charge is 2.56. The van der Waals surface area contributed by atoms with E-state index in [1.165, 1.54) is 11.4 Å². The number of aromatic nitrogens is 8. The van der Waals surface area contributed by atoms with Crippen LogP contribution in [0.25, 0.3) is 0 Å². The monoisotopic (exact) mass is 1150 g/mol. The lowest BCUT2D eigenvalue weighted by Crippen LogP contribution is -2.41. The van der Waals surface area contributed by atoms with E-state index in [4.69, 9.17) is 75.6 Å². The quantitative estimate of drug-likeness (QED) is 0.204. The molecule has 0 unspecified atom stereocenters. The zero-order valence-corrected chi connectivity index (χ0v) is 53.0. The maximum Gasteiger partial charge on any atom is 0.498 e. The zero-order valence-electron chi connectivity index (χ0n) is 53.0. The molecule has 4 aromatic heterocycles. The smallest absolute Gasteiger partial charge is 0.399 e. The molecule has 452 valence electrons. The van der Waals surface area contributed by atoms with Gasteiger partial charge in [0.1, 0.15) is 0 Å². The Hall–Kier alpha value is -5.70. The minimum absolute atomic E-state index is 0.250. The van der Waals surface area contributed by atoms with Crippen molar-refractivity contribution >= 4 is 74.9 Å². The summed E-state index contributed by atoms with van der Waals surface area (Å²) >= 11 is 0. The van der Waals surface area contributed by atoms with Gasteiger partial charge in [0.05, 0.1) is 56.2 Å². The van der Waals surface area contributed by atoms with E-state index in [0.717, 1.165) is 72.0 Å². The molecule has 82 heavy (non-hydrogen) atoms. The Kier molecular flexibility index (Phi) is 27.9. The predicted molar refractivity (Wildman–Crippen MR) is 303 cm³/mol. The number of nitrogens with zero attached hydrogens (tertiary/aromatic N) is 8. The van der Waals surface area contributed by atoms with Crippen molar-refractivity contribution in [1.82, 2.24) is 39.1 Å². The molecule has 0 saturated carbocycles. The van der Waals surface area contributed by atoms with E-state index in [1.54, 1.807) is 0 Å². The van der Waals surface area contributed by atoms with Crippen LogP contribution in [0.4, 0.5) is 0 Å². The first-order valence-electron chi connectivity index (χ1n) is 27.4. The Morgan fingerprint density at radius 1 is 0.390 bits per heavy atom. The first-order chi connectivity index (χ1) is 37.8. The van der Waals surface area contributed by atoms with Gasteiger partial charge in [-0.3, -0.25) is 18.7 Å². The average Bonchev–Trinajstić information content (AvgIpc) is 4.25. The van der Waals surface area contributed by atoms with Crippen molar-refractivity contribution in [1.29, 1.82) is 0 Å². The fraction of sp³-hybridized carbons (Fsp3) is 0.704. The summed E-state index contributed by atoms with van der Waals surface area (Å²) in [4.78, 5) is 65.0. The Morgan fingerprint density at radius 3 is 0.963 bits per heavy atom. The van der Waals surface area contributed by atoms with E-state index in [0.29, 0.717) is 0 Å². The fourth-order valence-corrected chi connectivity index (χ4v) is 8.41. The molecule has 0 radical (unpaired) electrons. The molecule has 0 spiro atoms. The van der Waals surface area contributed by atoms with Crippen molar-refractivity contribution in [3.05, 3.63) is 47.6 Å². The van der Waals surface area contributed by atoms with E-state index in [9.17, 15) is 0 Å². The molecular weight excluding hydrogens is 1060 g/mol. The van der Waals surface area contributed by atoms with Gasteiger partial charge in [0.2, 0.25) is 0 Å². The van der Waals surface area contributed by atoms with Crippen molar-refractivity contribution in [3.8, 4) is 0 Å². The number of hydrogen-bond donors (Lipinski definition) is 0. The molecule has 24 nitrogen and oxygen atoms in total. The average molecular weight is 1150 g/mol. The Morgan fingerprint density at radius 2 is 0.671 bits per heavy atom. The molecule has 0 atom stereocenters. The summed E-state index contributed by atoms with van der Waals surface area (Å²) in [5, 5.41) is 17.7. The summed E-state index contributed by atoms with van der Waals surface area (Å²) < 4.78 is 56.1. The number of aryl methyl sites for hydroxylation is 6. The maximum absolute atomic E-state index is 8.12. The van der Waals surface area contributed by atoms with Gasteiger partial charge in [-0.25, -0.2) is 0 Å². The lowest BCUT2D eigenvalue weighted by atomic mass is 9.79. The molecule has 4 fully saturated rings. The topological polar surface area (TPSA) is 282 Å². The van der Waals surface area contributed by atoms with Gasteiger partial charge in [-0.05, 0) is 150 Å². The summed E-state index contributed by atoms with van der Waals surface area (Å²) in [5.41, 5.74) is 6.37. The van der Waals surface area contributed by atoms with Gasteiger partial charge in [-0.1, -0.05) is 27.7 Å². The van der Waals surface area contributed by atoms with Crippen LogP contribution < -0.4 is 21.9 Å². The summed E-state index contributed by atoms with van der Waals surface area (Å²) in [7, 11) is 2.67. The number of carbonyl (C=O) groups excluding carboxylic acids is 8. The summed E-state index contributed by atoms with van der Waals surface area (Å²) in [5.74, 6) is 0. The second-order valence-corrected chi connectivity index (χ2v) is 23.2. The SMILES string of the molecule is CCc1c(B2OC(C)(C)C(C)(C)O2)cnn1C.CCc1c(B2OC(C)(C)C(C)(C)O2)cnn1CC.CCc1nn(C)cc1B1OC(C)(C)C(C)(C)O1.CCc1nn(CC)cc1B1OC(C)(C)C(C)(C)O1.O=C=O.O=C=O.O=C=O.O=C=O. The Balaban J connectivity index is 0.000000512. The fourth-order valence-electron chi connectivity index (χ4n) is 8.41. The van der Waals surface area contributed by atoms with E-state index < -0.39 is 0 Å². The molecule has 0 bridgehead atoms. The van der Waals surface area contributed by atoms with E-state index in [-0.39, 0.29) is 97.9 Å². The Labute approximate surface area is 485 Å². The third-order valence-electron chi connectivity index (χ3n) is 15.9. The lowest BCUT2D eigenvalue weighted by molar-refractivity contribution is -0.193. The van der Waals surface area contributed by atoms with Gasteiger partial charge in [-0.2, -0.15) is 58.8 Å². The van der Waals surface area contributed by atoms with Crippen molar-refractivity contribution in [2.75, 3.05) is 0 Å². The first-order valence-corrected chi connectivity index (χ1v) is 27.4. The molecule has 4 saturated heterocycles. The van der Waals surface area contributed by atoms with E-state index in [1.807, 2.05) is 57.6 Å². The molecule has 0 amide bonds. The highest BCUT2D eigenvalue weighted by Crippen LogP contribution is 2.40. The molecule has 8 heterocycles. The van der Waals surface area contributed by atoms with Crippen LogP contribution in [0.1, 0.15) is 175 Å². The van der Waals surface area contributed by atoms with Gasteiger partial charge in [-0.15, -0.1) is 0 Å². The Bertz CT molecular complexity index is 2610. The summed E-state index contributed by atoms with van der Waals surface area (Å²) in [6.07, 6.45) is 12.4. The van der Waals surface area contributed by atoms with Crippen molar-refractivity contribution in [2.45, 2.75) is 236 Å². The number of rotatable bonds is 10. The molecule has 0 aliphatic carbocycles. The third-order valence-corrected chi connectivity index (χ3v) is 15.9. The van der Waals surface area contributed by atoms with Gasteiger partial charge in [0.25, 0.3) is 0 Å². The zero-order chi connectivity index (χ0) is 63.6. The molecule has 28 heteroatoms. The molecular formula is C54H88B4N8O16. The molecule has 4 aromatic rings. The standard InChI is InChI=1S/2C13H23BN2O2.2C12H21BN2O2.4CO2/c1-7-11-10(9-16(8-2)15-11)14-17-12(3,4)13(5,6)18-14;1-7-11-10(9-15-16(11)8-2)14-17-12(3,4)13(5,6)18-14;1-7-10-9(8-15(6)14-10)13-16-11(2,3)12(4,5)17-13;1-7-10-9(8-14-15(10)6)13-16-11(2,3)12(4,5)17-13;4*2-1-3/h2*9H,7-8H2,1-6H3;2*8H,7H2,1-6H3;;;;. The van der Waals surface area contributed by atoms with Crippen molar-refractivity contribution < 1.29 is 75.6 Å². The molecule has 4 aliphatic heterocycles. The maximum atomic E-state index is 8.12. The van der Waals surface area contributed by atoms with Gasteiger partial charge < -0.3 is 37.2 Å². The number of hydrogen-bond acceptors (Lipinski definition) is 20. The van der Waals surface area contributed by atoms with Gasteiger partial charge in [0.15, 0.2) is 0 Å². The van der Waals surface area contributed by atoms with Crippen LogP contribution in [-0.2, 0) is 128 Å². The minimum Gasteiger partial charge on any atom is -0.399 e. The van der Waals surface area contributed by atoms with Crippen LogP contribution in [0.15, 0.2) is 24.8 Å². The molecule has 0 N–H and O–H groups in total. The van der Waals surface area contributed by atoms with Crippen molar-refractivity contribution in [2.24, 2.45) is 14.1 Å². The van der Waals surface area contributed by atoms with Crippen LogP contribution in [0.3, 0.4) is 0 Å². The van der Waals surface area contributed by atoms with Crippen LogP contribution in [0.2, 0.25) is 0 Å². The predicted octanol–water partition coefficient (Wildman–Crippen LogP) is 3.76. The normalized spacial score (nSPS) is 19.0. The van der Waals surface area contributed by atoms with E-state index in [2.05, 4.69) is 173 Å². The minimum atomic E-state index is -0.302. The molecule has 8 rings (SSSR count). The largest absolute Gasteiger partial charge is 0.498 e. The second kappa shape index (κ2) is 30.7. The first kappa shape index (κ1) is 74.3. The molecule has 0 aromatic carbocycles. The summed E-state index contributed by atoms with van der Waals surface area (Å²) in [6, 6.07) is 0. The van der Waals surface area contributed by atoms with Crippen molar-refractivity contribution in [3.63, 3.8) is 0 Å². The van der Waals surface area contributed by atoms with Gasteiger partial charge >= 0.3 is 53.1 Å². The molecule has 4 aliphatic rings. The second-order valence-electron chi connectivity index (χ2n) is 23.2. The highest BCUT2D eigenvalue weighted by atomic mass is 16.7. The summed E-state index contributed by atoms with van der Waals surface area (Å²) in [6.45, 7) is 47.5. The van der Waals surface area contributed by atoms with Crippen LogP contribution >= 0.6 is 0 Å². The third kappa shape index (κ3) is 18.2. The van der Waals surface area contributed by atoms with Crippen LogP contribution in [0.5, 0.6) is 0 Å². The lowest BCUT2D eigenvalue weighted by Gasteiger charge is -2.32. The highest BCUT2D eigenvalue weighted by molar-refractivity contribution is 6.64. The van der Waals surface area contributed by atoms with Gasteiger partial charge in [0, 0.05) is 85.2 Å².